The lowest BCUT2D eigenvalue weighted by atomic mass is 9.86. The number of amides is 3. The first kappa shape index (κ1) is 55.3. The number of hydrogen-bond acceptors (Lipinski definition) is 13. The second-order valence-corrected chi connectivity index (χ2v) is 17.6. The summed E-state index contributed by atoms with van der Waals surface area (Å²) >= 11 is 0. The van der Waals surface area contributed by atoms with E-state index in [2.05, 4.69) is 10.6 Å². The highest BCUT2D eigenvalue weighted by Gasteiger charge is 2.33. The van der Waals surface area contributed by atoms with Crippen molar-refractivity contribution in [3.05, 3.63) is 65.2 Å². The third-order valence-electron chi connectivity index (χ3n) is 12.2. The highest BCUT2D eigenvalue weighted by Crippen LogP contribution is 2.22. The smallest absolute Gasteiger partial charge is 0.320 e. The highest BCUT2D eigenvalue weighted by molar-refractivity contribution is 5.94. The molecule has 8 N–H and O–H groups in total. The molecule has 0 radical (unpaired) electrons. The summed E-state index contributed by atoms with van der Waals surface area (Å²) in [5.41, 5.74) is 7.69. The number of phenolic OH excluding ortho intramolecular Hbond substituents is 1. The number of carbonyl (C=O) groups excluding carboxylic acids is 6. The SMILES string of the molecule is CCC(C)[C@H](NC(=O)[C@@H](CC(C)=O)Cc1ccc(O)cc1)C(=O)C[C@@H](CCC(N)=O)C(=O)NCc1ccc(CCC(=O)CCC(C(=O)O)N2CCN(CC(=O)O)CCN(CC(=O)O)CC2)cc1. The fourth-order valence-corrected chi connectivity index (χ4v) is 8.07. The first-order valence-corrected chi connectivity index (χ1v) is 22.9. The van der Waals surface area contributed by atoms with E-state index in [0.717, 1.165) is 16.7 Å². The van der Waals surface area contributed by atoms with Gasteiger partial charge in [0.2, 0.25) is 17.7 Å². The number of carbonyl (C=O) groups is 9. The van der Waals surface area contributed by atoms with Crippen molar-refractivity contribution >= 4 is 53.0 Å². The molecule has 1 fully saturated rings. The van der Waals surface area contributed by atoms with Gasteiger partial charge in [0.1, 0.15) is 23.4 Å². The lowest BCUT2D eigenvalue weighted by Crippen LogP contribution is -2.49. The second kappa shape index (κ2) is 28.2. The minimum atomic E-state index is -1.13. The highest BCUT2D eigenvalue weighted by atomic mass is 16.4. The molecule has 0 aliphatic carbocycles. The number of carboxylic acids is 3. The molecule has 3 amide bonds. The average molecular weight is 937 g/mol. The topological polar surface area (TPSA) is 294 Å². The Hall–Kier alpha value is -6.05. The number of carboxylic acid groups (broad SMARTS) is 3. The summed E-state index contributed by atoms with van der Waals surface area (Å²) in [5.74, 6) is -7.61. The molecule has 0 bridgehead atoms. The summed E-state index contributed by atoms with van der Waals surface area (Å²) < 4.78 is 0. The van der Waals surface area contributed by atoms with Crippen molar-refractivity contribution in [1.29, 1.82) is 0 Å². The van der Waals surface area contributed by atoms with Crippen molar-refractivity contribution in [2.45, 2.75) is 104 Å². The van der Waals surface area contributed by atoms with Gasteiger partial charge in [0.05, 0.1) is 19.1 Å². The maximum atomic E-state index is 13.9. The van der Waals surface area contributed by atoms with Gasteiger partial charge in [-0.3, -0.25) is 53.1 Å². The number of benzene rings is 2. The Morgan fingerprint density at radius 2 is 1.24 bits per heavy atom. The van der Waals surface area contributed by atoms with Crippen LogP contribution in [0.3, 0.4) is 0 Å². The largest absolute Gasteiger partial charge is 0.508 e. The normalized spacial score (nSPS) is 16.2. The number of nitrogens with one attached hydrogen (secondary N) is 2. The number of aryl methyl sites for hydroxylation is 1. The molecule has 0 spiro atoms. The van der Waals surface area contributed by atoms with Crippen LogP contribution in [0.15, 0.2) is 48.5 Å². The zero-order valence-electron chi connectivity index (χ0n) is 38.8. The lowest BCUT2D eigenvalue weighted by Gasteiger charge is -2.30. The van der Waals surface area contributed by atoms with Crippen LogP contribution in [0, 0.1) is 17.8 Å². The minimum absolute atomic E-state index is 0.00308. The molecule has 0 saturated carbocycles. The Balaban J connectivity index is 1.59. The van der Waals surface area contributed by atoms with E-state index in [4.69, 9.17) is 5.73 Å². The molecule has 2 aromatic carbocycles. The average Bonchev–Trinajstić information content (AvgIpc) is 3.35. The number of phenols is 1. The molecule has 1 heterocycles. The Bertz CT molecular complexity index is 1980. The fourth-order valence-electron chi connectivity index (χ4n) is 8.07. The number of hydrogen-bond donors (Lipinski definition) is 7. The van der Waals surface area contributed by atoms with Crippen LogP contribution in [-0.4, -0.2) is 153 Å². The predicted molar refractivity (Wildman–Crippen MR) is 246 cm³/mol. The molecule has 5 atom stereocenters. The van der Waals surface area contributed by atoms with Crippen molar-refractivity contribution in [3.8, 4) is 5.75 Å². The van der Waals surface area contributed by atoms with Gasteiger partial charge >= 0.3 is 17.9 Å². The van der Waals surface area contributed by atoms with Crippen LogP contribution in [0.5, 0.6) is 5.75 Å². The van der Waals surface area contributed by atoms with Gasteiger partial charge in [-0.1, -0.05) is 56.7 Å². The molecule has 368 valence electrons. The number of aromatic hydroxyl groups is 1. The molecule has 1 aliphatic heterocycles. The first-order chi connectivity index (χ1) is 31.7. The Morgan fingerprint density at radius 1 is 0.687 bits per heavy atom. The quantitative estimate of drug-likeness (QED) is 0.0614. The van der Waals surface area contributed by atoms with E-state index in [9.17, 15) is 63.6 Å². The van der Waals surface area contributed by atoms with Gasteiger partial charge in [-0.25, -0.2) is 0 Å². The molecule has 3 rings (SSSR count). The van der Waals surface area contributed by atoms with Crippen LogP contribution in [0.4, 0.5) is 0 Å². The van der Waals surface area contributed by atoms with Crippen molar-refractivity contribution in [2.24, 2.45) is 23.5 Å². The van der Waals surface area contributed by atoms with E-state index >= 15 is 0 Å². The van der Waals surface area contributed by atoms with Gasteiger partial charge in [0.15, 0.2) is 5.78 Å². The van der Waals surface area contributed by atoms with Gasteiger partial charge in [-0.15, -0.1) is 0 Å². The number of aliphatic carboxylic acids is 3. The molecule has 19 heteroatoms. The van der Waals surface area contributed by atoms with Crippen LogP contribution in [0.2, 0.25) is 0 Å². The van der Waals surface area contributed by atoms with Crippen molar-refractivity contribution in [2.75, 3.05) is 52.4 Å². The van der Waals surface area contributed by atoms with Crippen molar-refractivity contribution < 1.29 is 63.6 Å². The van der Waals surface area contributed by atoms with Gasteiger partial charge in [-0.2, -0.15) is 0 Å². The van der Waals surface area contributed by atoms with E-state index in [0.29, 0.717) is 25.9 Å². The summed E-state index contributed by atoms with van der Waals surface area (Å²) in [5, 5.41) is 44.2. The molecule has 19 nitrogen and oxygen atoms in total. The lowest BCUT2D eigenvalue weighted by molar-refractivity contribution is -0.144. The van der Waals surface area contributed by atoms with Gasteiger partial charge < -0.3 is 41.6 Å². The number of ketones is 3. The Labute approximate surface area is 391 Å². The monoisotopic (exact) mass is 936 g/mol. The molecular formula is C48H68N6O13. The third kappa shape index (κ3) is 20.6. The molecule has 67 heavy (non-hydrogen) atoms. The zero-order valence-corrected chi connectivity index (χ0v) is 38.8. The zero-order chi connectivity index (χ0) is 49.6. The van der Waals surface area contributed by atoms with E-state index in [1.165, 1.54) is 19.1 Å². The number of Topliss-reactive ketones (excluding diaryl/α,β-unsaturated/α-hetero) is 3. The summed E-state index contributed by atoms with van der Waals surface area (Å²) in [6, 6.07) is 11.4. The Kier molecular flexibility index (Phi) is 23.3. The number of nitrogens with zero attached hydrogens (tertiary/aromatic N) is 3. The maximum absolute atomic E-state index is 13.9. The second-order valence-electron chi connectivity index (χ2n) is 17.6. The van der Waals surface area contributed by atoms with E-state index in [1.807, 2.05) is 6.92 Å². The van der Waals surface area contributed by atoms with E-state index in [-0.39, 0.29) is 120 Å². The molecule has 2 unspecified atom stereocenters. The predicted octanol–water partition coefficient (Wildman–Crippen LogP) is 2.04. The van der Waals surface area contributed by atoms with Gasteiger partial charge in [0, 0.05) is 89.8 Å². The number of rotatable bonds is 29. The number of primary amides is 1. The number of nitrogens with two attached hydrogens (primary N) is 1. The first-order valence-electron chi connectivity index (χ1n) is 22.9. The maximum Gasteiger partial charge on any atom is 0.320 e. The molecular weight excluding hydrogens is 869 g/mol. The van der Waals surface area contributed by atoms with Crippen LogP contribution in [-0.2, 0) is 62.5 Å². The van der Waals surface area contributed by atoms with Crippen LogP contribution < -0.4 is 16.4 Å². The van der Waals surface area contributed by atoms with Gasteiger partial charge in [-0.05, 0) is 67.3 Å². The standard InChI is InChI=1S/C48H68N6O13/c1-4-31(2)45(51-47(65)37(25-32(3)55)26-34-10-14-38(56)15-11-34)41(58)27-36(12-18-42(49)59)46(64)50-28-35-7-5-33(6-8-35)9-13-39(57)16-17-40(48(66)67)54-23-21-52(29-43(60)61)19-20-53(22-24-54)30-44(62)63/h5-8,10-11,14-15,31,36-37,40,45,56H,4,9,12-13,16-30H2,1-3H3,(H2,49,59)(H,50,64)(H,51,65)(H,60,61)(H,62,63)(H,66,67)/t31?,36-,37+,40?,45+/m1/s1. The van der Waals surface area contributed by atoms with E-state index < -0.39 is 65.3 Å². The summed E-state index contributed by atoms with van der Waals surface area (Å²) in [6.45, 7) is 6.17. The molecule has 1 aliphatic rings. The van der Waals surface area contributed by atoms with E-state index in [1.54, 1.807) is 58.0 Å². The van der Waals surface area contributed by atoms with Crippen molar-refractivity contribution in [1.82, 2.24) is 25.3 Å². The fraction of sp³-hybridized carbons (Fsp3) is 0.562. The minimum Gasteiger partial charge on any atom is -0.508 e. The van der Waals surface area contributed by atoms with Crippen LogP contribution in [0.1, 0.15) is 88.8 Å². The summed E-state index contributed by atoms with van der Waals surface area (Å²) in [7, 11) is 0. The summed E-state index contributed by atoms with van der Waals surface area (Å²) in [4.78, 5) is 118. The molecule has 2 aromatic rings. The molecule has 0 aromatic heterocycles. The third-order valence-corrected chi connectivity index (χ3v) is 12.2. The molecule has 1 saturated heterocycles. The van der Waals surface area contributed by atoms with Crippen LogP contribution in [0.25, 0.3) is 0 Å². The van der Waals surface area contributed by atoms with Crippen LogP contribution >= 0.6 is 0 Å². The van der Waals surface area contributed by atoms with Gasteiger partial charge in [0.25, 0.3) is 0 Å². The van der Waals surface area contributed by atoms with Crippen molar-refractivity contribution in [3.63, 3.8) is 0 Å². The Morgan fingerprint density at radius 3 is 1.76 bits per heavy atom. The summed E-state index contributed by atoms with van der Waals surface area (Å²) in [6.07, 6.45) is 0.748.